The van der Waals surface area contributed by atoms with Crippen LogP contribution in [0.5, 0.6) is 0 Å². The van der Waals surface area contributed by atoms with E-state index in [1.807, 2.05) is 36.4 Å². The first kappa shape index (κ1) is 15.2. The third kappa shape index (κ3) is 3.73. The molecule has 0 spiro atoms. The van der Waals surface area contributed by atoms with Crippen molar-refractivity contribution in [1.82, 2.24) is 25.5 Å². The van der Waals surface area contributed by atoms with E-state index >= 15 is 0 Å². The Morgan fingerprint density at radius 1 is 1.13 bits per heavy atom. The van der Waals surface area contributed by atoms with Gasteiger partial charge in [0, 0.05) is 11.6 Å². The SMILES string of the molecule is O=C(NCCc1ccc(Cl)cc1)c1ccccc1-n1cnnn1. The second-order valence-electron chi connectivity index (χ2n) is 4.90. The van der Waals surface area contributed by atoms with Crippen LogP contribution in [0.15, 0.2) is 54.9 Å². The highest BCUT2D eigenvalue weighted by atomic mass is 35.5. The van der Waals surface area contributed by atoms with E-state index in [2.05, 4.69) is 20.8 Å². The number of amides is 1. The van der Waals surface area contributed by atoms with Gasteiger partial charge in [-0.2, -0.15) is 4.68 Å². The summed E-state index contributed by atoms with van der Waals surface area (Å²) < 4.78 is 1.47. The molecule has 116 valence electrons. The molecule has 23 heavy (non-hydrogen) atoms. The zero-order valence-corrected chi connectivity index (χ0v) is 12.9. The Balaban J connectivity index is 1.66. The molecule has 0 fully saturated rings. The number of rotatable bonds is 5. The van der Waals surface area contributed by atoms with Gasteiger partial charge in [-0.1, -0.05) is 35.9 Å². The van der Waals surface area contributed by atoms with Gasteiger partial charge < -0.3 is 5.32 Å². The lowest BCUT2D eigenvalue weighted by molar-refractivity contribution is 0.0954. The number of para-hydroxylation sites is 1. The Kier molecular flexibility index (Phi) is 4.63. The van der Waals surface area contributed by atoms with Crippen LogP contribution in [-0.2, 0) is 6.42 Å². The van der Waals surface area contributed by atoms with E-state index in [1.54, 1.807) is 12.1 Å². The number of nitrogens with zero attached hydrogens (tertiary/aromatic N) is 4. The van der Waals surface area contributed by atoms with Gasteiger partial charge in [-0.15, -0.1) is 5.10 Å². The Morgan fingerprint density at radius 2 is 1.91 bits per heavy atom. The molecular weight excluding hydrogens is 314 g/mol. The summed E-state index contributed by atoms with van der Waals surface area (Å²) in [5.74, 6) is -0.162. The molecule has 1 amide bonds. The van der Waals surface area contributed by atoms with Crippen molar-refractivity contribution in [2.75, 3.05) is 6.54 Å². The lowest BCUT2D eigenvalue weighted by Crippen LogP contribution is -2.26. The molecule has 7 heteroatoms. The molecule has 1 heterocycles. The predicted molar refractivity (Wildman–Crippen MR) is 86.6 cm³/mol. The molecule has 2 aromatic carbocycles. The summed E-state index contributed by atoms with van der Waals surface area (Å²) in [7, 11) is 0. The van der Waals surface area contributed by atoms with E-state index < -0.39 is 0 Å². The van der Waals surface area contributed by atoms with Crippen molar-refractivity contribution in [2.24, 2.45) is 0 Å². The maximum Gasteiger partial charge on any atom is 0.253 e. The van der Waals surface area contributed by atoms with Crippen LogP contribution in [0.2, 0.25) is 5.02 Å². The number of carbonyl (C=O) groups excluding carboxylic acids is 1. The highest BCUT2D eigenvalue weighted by molar-refractivity contribution is 6.30. The van der Waals surface area contributed by atoms with Crippen molar-refractivity contribution in [2.45, 2.75) is 6.42 Å². The van der Waals surface area contributed by atoms with Gasteiger partial charge in [0.2, 0.25) is 0 Å². The molecule has 0 saturated heterocycles. The average Bonchev–Trinajstić information content (AvgIpc) is 3.11. The third-order valence-electron chi connectivity index (χ3n) is 3.36. The van der Waals surface area contributed by atoms with Crippen molar-refractivity contribution in [1.29, 1.82) is 0 Å². The topological polar surface area (TPSA) is 72.7 Å². The third-order valence-corrected chi connectivity index (χ3v) is 3.61. The van der Waals surface area contributed by atoms with Crippen molar-refractivity contribution < 1.29 is 4.79 Å². The molecule has 1 aromatic heterocycles. The van der Waals surface area contributed by atoms with Crippen LogP contribution >= 0.6 is 11.6 Å². The molecule has 0 aliphatic heterocycles. The van der Waals surface area contributed by atoms with Crippen LogP contribution in [0.1, 0.15) is 15.9 Å². The number of benzene rings is 2. The average molecular weight is 328 g/mol. The fourth-order valence-corrected chi connectivity index (χ4v) is 2.33. The van der Waals surface area contributed by atoms with Gasteiger partial charge in [-0.3, -0.25) is 4.79 Å². The number of tetrazole rings is 1. The van der Waals surface area contributed by atoms with E-state index in [9.17, 15) is 4.79 Å². The van der Waals surface area contributed by atoms with Crippen LogP contribution < -0.4 is 5.32 Å². The summed E-state index contributed by atoms with van der Waals surface area (Å²) in [4.78, 5) is 12.4. The second-order valence-corrected chi connectivity index (χ2v) is 5.34. The summed E-state index contributed by atoms with van der Waals surface area (Å²) in [6.07, 6.45) is 2.19. The quantitative estimate of drug-likeness (QED) is 0.780. The summed E-state index contributed by atoms with van der Waals surface area (Å²) in [6.45, 7) is 0.532. The van der Waals surface area contributed by atoms with Crippen molar-refractivity contribution in [3.8, 4) is 5.69 Å². The molecule has 0 aliphatic rings. The van der Waals surface area contributed by atoms with E-state index in [0.29, 0.717) is 22.8 Å². The molecule has 1 N–H and O–H groups in total. The number of nitrogens with one attached hydrogen (secondary N) is 1. The highest BCUT2D eigenvalue weighted by Crippen LogP contribution is 2.13. The van der Waals surface area contributed by atoms with Crippen LogP contribution in [0.4, 0.5) is 0 Å². The lowest BCUT2D eigenvalue weighted by Gasteiger charge is -2.09. The Hall–Kier alpha value is -2.73. The first-order valence-corrected chi connectivity index (χ1v) is 7.47. The first-order valence-electron chi connectivity index (χ1n) is 7.09. The van der Waals surface area contributed by atoms with Gasteiger partial charge >= 0.3 is 0 Å². The van der Waals surface area contributed by atoms with E-state index in [-0.39, 0.29) is 5.91 Å². The van der Waals surface area contributed by atoms with Crippen molar-refractivity contribution in [3.63, 3.8) is 0 Å². The molecule has 3 rings (SSSR count). The van der Waals surface area contributed by atoms with E-state index in [4.69, 9.17) is 11.6 Å². The molecule has 0 atom stereocenters. The number of hydrogen-bond acceptors (Lipinski definition) is 4. The summed E-state index contributed by atoms with van der Waals surface area (Å²) >= 11 is 5.85. The number of hydrogen-bond donors (Lipinski definition) is 1. The fourth-order valence-electron chi connectivity index (χ4n) is 2.20. The minimum absolute atomic E-state index is 0.162. The van der Waals surface area contributed by atoms with Gasteiger partial charge in [-0.05, 0) is 46.7 Å². The maximum absolute atomic E-state index is 12.4. The highest BCUT2D eigenvalue weighted by Gasteiger charge is 2.12. The summed E-state index contributed by atoms with van der Waals surface area (Å²) in [5.41, 5.74) is 2.28. The largest absolute Gasteiger partial charge is 0.352 e. The zero-order valence-electron chi connectivity index (χ0n) is 12.2. The van der Waals surface area contributed by atoms with Crippen LogP contribution in [0.3, 0.4) is 0 Å². The summed E-state index contributed by atoms with van der Waals surface area (Å²) in [6, 6.07) is 14.8. The van der Waals surface area contributed by atoms with Gasteiger partial charge in [0.05, 0.1) is 11.3 Å². The Bertz CT molecular complexity index is 786. The predicted octanol–water partition coefficient (Wildman–Crippen LogP) is 2.29. The van der Waals surface area contributed by atoms with Gasteiger partial charge in [0.25, 0.3) is 5.91 Å². The zero-order chi connectivity index (χ0) is 16.1. The first-order chi connectivity index (χ1) is 11.2. The molecule has 0 unspecified atom stereocenters. The van der Waals surface area contributed by atoms with Crippen molar-refractivity contribution in [3.05, 3.63) is 71.0 Å². The molecule has 3 aromatic rings. The van der Waals surface area contributed by atoms with Crippen LogP contribution in [0.25, 0.3) is 5.69 Å². The second kappa shape index (κ2) is 7.02. The molecule has 0 radical (unpaired) electrons. The molecule has 0 bridgehead atoms. The lowest BCUT2D eigenvalue weighted by atomic mass is 10.1. The van der Waals surface area contributed by atoms with Gasteiger partial charge in [0.15, 0.2) is 0 Å². The van der Waals surface area contributed by atoms with Crippen LogP contribution in [-0.4, -0.2) is 32.7 Å². The molecule has 0 aliphatic carbocycles. The molecule has 0 saturated carbocycles. The number of aromatic nitrogens is 4. The fraction of sp³-hybridized carbons (Fsp3) is 0.125. The van der Waals surface area contributed by atoms with Gasteiger partial charge in [-0.25, -0.2) is 0 Å². The Morgan fingerprint density at radius 3 is 2.65 bits per heavy atom. The van der Waals surface area contributed by atoms with E-state index in [1.165, 1.54) is 11.0 Å². The smallest absolute Gasteiger partial charge is 0.253 e. The van der Waals surface area contributed by atoms with Crippen LogP contribution in [0, 0.1) is 0 Å². The minimum atomic E-state index is -0.162. The van der Waals surface area contributed by atoms with E-state index in [0.717, 1.165) is 12.0 Å². The summed E-state index contributed by atoms with van der Waals surface area (Å²) in [5, 5.41) is 14.6. The minimum Gasteiger partial charge on any atom is -0.352 e. The number of halogens is 1. The van der Waals surface area contributed by atoms with Gasteiger partial charge in [0.1, 0.15) is 6.33 Å². The number of carbonyl (C=O) groups is 1. The standard InChI is InChI=1S/C16H14ClN5O/c17-13-7-5-12(6-8-13)9-10-18-16(23)14-3-1-2-4-15(14)22-11-19-20-21-22/h1-8,11H,9-10H2,(H,18,23). The Labute approximate surface area is 138 Å². The monoisotopic (exact) mass is 327 g/mol. The van der Waals surface area contributed by atoms with Crippen molar-refractivity contribution >= 4 is 17.5 Å². The maximum atomic E-state index is 12.4. The molecular formula is C16H14ClN5O. The molecule has 6 nitrogen and oxygen atoms in total. The normalized spacial score (nSPS) is 10.5.